The third-order valence-corrected chi connectivity index (χ3v) is 9.07. The highest BCUT2D eigenvalue weighted by Crippen LogP contribution is 2.31. The predicted octanol–water partition coefficient (Wildman–Crippen LogP) is 2.63. The summed E-state index contributed by atoms with van der Waals surface area (Å²) >= 11 is 0. The van der Waals surface area contributed by atoms with Crippen molar-refractivity contribution in [3.8, 4) is 22.9 Å². The first-order chi connectivity index (χ1) is 19.4. The zero-order chi connectivity index (χ0) is 28.1. The van der Waals surface area contributed by atoms with Gasteiger partial charge in [0.25, 0.3) is 0 Å². The first-order valence-electron chi connectivity index (χ1n) is 13.1. The van der Waals surface area contributed by atoms with Gasteiger partial charge in [-0.3, -0.25) is 9.69 Å². The molecule has 0 saturated carbocycles. The molecule has 0 unspecified atom stereocenters. The minimum Gasteiger partial charge on any atom is -0.497 e. The molecule has 13 heteroatoms. The molecule has 2 aliphatic heterocycles. The number of likely N-dealkylation sites (tertiary alicyclic amines) is 1. The van der Waals surface area contributed by atoms with E-state index >= 15 is 0 Å². The van der Waals surface area contributed by atoms with E-state index in [1.54, 1.807) is 19.2 Å². The third kappa shape index (κ3) is 6.28. The molecule has 5 rings (SSSR count). The molecule has 2 aliphatic rings. The summed E-state index contributed by atoms with van der Waals surface area (Å²) in [5.41, 5.74) is 1.25. The number of benzene rings is 2. The van der Waals surface area contributed by atoms with Gasteiger partial charge >= 0.3 is 0 Å². The standard InChI is InChI=1S/C27H33N5O7S/c1-36-22-6-3-19(4-7-22)26-29-25(39-30-26)18-31-11-9-20(10-12-31)27(33)28-21-5-8-23(37-2)24(17-21)40(34,35)32-13-15-38-16-14-32/h3-8,17,20H,9-16,18H2,1-2H3,(H,28,33). The van der Waals surface area contributed by atoms with E-state index in [4.69, 9.17) is 18.7 Å². The number of sulfonamides is 1. The van der Waals surface area contributed by atoms with E-state index in [1.807, 2.05) is 24.3 Å². The topological polar surface area (TPSA) is 136 Å². The van der Waals surface area contributed by atoms with Crippen LogP contribution in [0.5, 0.6) is 11.5 Å². The fourth-order valence-electron chi connectivity index (χ4n) is 4.85. The number of anilines is 1. The van der Waals surface area contributed by atoms with Crippen LogP contribution in [0.3, 0.4) is 0 Å². The Bertz CT molecular complexity index is 1410. The first-order valence-corrected chi connectivity index (χ1v) is 14.6. The van der Waals surface area contributed by atoms with Gasteiger partial charge in [0.05, 0.1) is 34.0 Å². The van der Waals surface area contributed by atoms with Crippen molar-refractivity contribution in [2.45, 2.75) is 24.3 Å². The summed E-state index contributed by atoms with van der Waals surface area (Å²) in [5, 5.41) is 6.99. The fraction of sp³-hybridized carbons (Fsp3) is 0.444. The molecule has 2 fully saturated rings. The maximum absolute atomic E-state index is 13.3. The normalized spacial score (nSPS) is 17.4. The number of aromatic nitrogens is 2. The zero-order valence-corrected chi connectivity index (χ0v) is 23.4. The van der Waals surface area contributed by atoms with E-state index in [-0.39, 0.29) is 35.6 Å². The number of methoxy groups -OCH3 is 2. The van der Waals surface area contributed by atoms with Gasteiger partial charge in [-0.2, -0.15) is 9.29 Å². The van der Waals surface area contributed by atoms with Crippen LogP contribution in [-0.2, 0) is 26.1 Å². The summed E-state index contributed by atoms with van der Waals surface area (Å²) in [6, 6.07) is 12.1. The van der Waals surface area contributed by atoms with Crippen molar-refractivity contribution in [3.63, 3.8) is 0 Å². The number of ether oxygens (including phenoxy) is 3. The SMILES string of the molecule is COc1ccc(-c2noc(CN3CCC(C(=O)Nc4ccc(OC)c(S(=O)(=O)N5CCOCC5)c4)CC3)n2)cc1. The molecule has 12 nitrogen and oxygen atoms in total. The minimum absolute atomic E-state index is 0.0260. The van der Waals surface area contributed by atoms with E-state index in [0.29, 0.717) is 63.1 Å². The summed E-state index contributed by atoms with van der Waals surface area (Å²) < 4.78 is 49.1. The van der Waals surface area contributed by atoms with Crippen molar-refractivity contribution < 1.29 is 31.9 Å². The Morgan fingerprint density at radius 2 is 1.75 bits per heavy atom. The molecule has 3 aromatic rings. The van der Waals surface area contributed by atoms with Gasteiger partial charge < -0.3 is 24.1 Å². The number of carbonyl (C=O) groups is 1. The van der Waals surface area contributed by atoms with E-state index in [9.17, 15) is 13.2 Å². The molecule has 0 aliphatic carbocycles. The van der Waals surface area contributed by atoms with Crippen LogP contribution in [0.2, 0.25) is 0 Å². The molecular formula is C27H33N5O7S. The van der Waals surface area contributed by atoms with Gasteiger partial charge in [-0.15, -0.1) is 0 Å². The number of hydrogen-bond donors (Lipinski definition) is 1. The van der Waals surface area contributed by atoms with Crippen LogP contribution in [0.15, 0.2) is 51.9 Å². The van der Waals surface area contributed by atoms with E-state index in [0.717, 1.165) is 11.3 Å². The lowest BCUT2D eigenvalue weighted by molar-refractivity contribution is -0.121. The van der Waals surface area contributed by atoms with Crippen LogP contribution >= 0.6 is 0 Å². The molecule has 1 amide bonds. The molecule has 214 valence electrons. The Morgan fingerprint density at radius 3 is 2.42 bits per heavy atom. The maximum atomic E-state index is 13.3. The lowest BCUT2D eigenvalue weighted by Gasteiger charge is -2.30. The predicted molar refractivity (Wildman–Crippen MR) is 145 cm³/mol. The quantitative estimate of drug-likeness (QED) is 0.408. The van der Waals surface area contributed by atoms with Crippen molar-refractivity contribution in [2.24, 2.45) is 5.92 Å². The zero-order valence-electron chi connectivity index (χ0n) is 22.5. The summed E-state index contributed by atoms with van der Waals surface area (Å²) in [6.45, 7) is 3.11. The molecule has 0 radical (unpaired) electrons. The van der Waals surface area contributed by atoms with E-state index in [2.05, 4.69) is 20.4 Å². The average Bonchev–Trinajstić information content (AvgIpc) is 3.46. The second-order valence-electron chi connectivity index (χ2n) is 9.66. The van der Waals surface area contributed by atoms with Gasteiger partial charge in [-0.25, -0.2) is 8.42 Å². The number of amides is 1. The smallest absolute Gasteiger partial charge is 0.246 e. The van der Waals surface area contributed by atoms with Crippen molar-refractivity contribution in [1.29, 1.82) is 0 Å². The second-order valence-corrected chi connectivity index (χ2v) is 11.6. The number of rotatable bonds is 9. The summed E-state index contributed by atoms with van der Waals surface area (Å²) in [5.74, 6) is 1.68. The first kappa shape index (κ1) is 28.0. The number of nitrogens with zero attached hydrogens (tertiary/aromatic N) is 4. The van der Waals surface area contributed by atoms with Gasteiger partial charge in [0, 0.05) is 30.3 Å². The highest BCUT2D eigenvalue weighted by atomic mass is 32.2. The van der Waals surface area contributed by atoms with Gasteiger partial charge in [-0.1, -0.05) is 5.16 Å². The van der Waals surface area contributed by atoms with Gasteiger partial charge in [0.15, 0.2) is 0 Å². The van der Waals surface area contributed by atoms with Crippen LogP contribution < -0.4 is 14.8 Å². The van der Waals surface area contributed by atoms with Crippen molar-refractivity contribution in [1.82, 2.24) is 19.3 Å². The number of piperidine rings is 1. The molecular weight excluding hydrogens is 538 g/mol. The Morgan fingerprint density at radius 1 is 1.02 bits per heavy atom. The Labute approximate surface area is 233 Å². The molecule has 2 saturated heterocycles. The monoisotopic (exact) mass is 571 g/mol. The van der Waals surface area contributed by atoms with Crippen LogP contribution in [-0.4, -0.2) is 87.3 Å². The number of hydrogen-bond acceptors (Lipinski definition) is 10. The highest BCUT2D eigenvalue weighted by molar-refractivity contribution is 7.89. The fourth-order valence-corrected chi connectivity index (χ4v) is 6.44. The summed E-state index contributed by atoms with van der Waals surface area (Å²) in [4.78, 5) is 19.8. The molecule has 40 heavy (non-hydrogen) atoms. The number of carbonyl (C=O) groups excluding carboxylic acids is 1. The van der Waals surface area contributed by atoms with Crippen LogP contribution in [0.25, 0.3) is 11.4 Å². The molecule has 0 spiro atoms. The molecule has 1 aromatic heterocycles. The molecule has 1 N–H and O–H groups in total. The minimum atomic E-state index is -3.80. The Hall–Kier alpha value is -3.52. The molecule has 2 aromatic carbocycles. The second kappa shape index (κ2) is 12.3. The van der Waals surface area contributed by atoms with Crippen LogP contribution in [0, 0.1) is 5.92 Å². The largest absolute Gasteiger partial charge is 0.497 e. The van der Waals surface area contributed by atoms with Crippen LogP contribution in [0.1, 0.15) is 18.7 Å². The average molecular weight is 572 g/mol. The van der Waals surface area contributed by atoms with Crippen molar-refractivity contribution in [3.05, 3.63) is 48.4 Å². The van der Waals surface area contributed by atoms with Crippen molar-refractivity contribution >= 4 is 21.6 Å². The van der Waals surface area contributed by atoms with E-state index in [1.165, 1.54) is 17.5 Å². The molecule has 0 bridgehead atoms. The Kier molecular flexibility index (Phi) is 8.64. The summed E-state index contributed by atoms with van der Waals surface area (Å²) in [6.07, 6.45) is 1.31. The van der Waals surface area contributed by atoms with Gasteiger partial charge in [0.2, 0.25) is 27.6 Å². The van der Waals surface area contributed by atoms with Crippen LogP contribution in [0.4, 0.5) is 5.69 Å². The maximum Gasteiger partial charge on any atom is 0.246 e. The van der Waals surface area contributed by atoms with E-state index < -0.39 is 10.0 Å². The number of nitrogens with one attached hydrogen (secondary N) is 1. The number of morpholine rings is 1. The third-order valence-electron chi connectivity index (χ3n) is 7.15. The lowest BCUT2D eigenvalue weighted by atomic mass is 9.96. The molecule has 0 atom stereocenters. The highest BCUT2D eigenvalue weighted by Gasteiger charge is 2.31. The van der Waals surface area contributed by atoms with Crippen molar-refractivity contribution in [2.75, 3.05) is 58.9 Å². The van der Waals surface area contributed by atoms with Gasteiger partial charge in [-0.05, 0) is 68.4 Å². The lowest BCUT2D eigenvalue weighted by Crippen LogP contribution is -2.40. The molecule has 3 heterocycles. The summed E-state index contributed by atoms with van der Waals surface area (Å²) in [7, 11) is -0.760. The van der Waals surface area contributed by atoms with Gasteiger partial charge in [0.1, 0.15) is 16.4 Å². The Balaban J connectivity index is 1.17.